The summed E-state index contributed by atoms with van der Waals surface area (Å²) in [5.74, 6) is 0. The van der Waals surface area contributed by atoms with Crippen molar-refractivity contribution in [2.24, 2.45) is 0 Å². The summed E-state index contributed by atoms with van der Waals surface area (Å²) in [7, 11) is 0. The first kappa shape index (κ1) is 26.3. The third-order valence-corrected chi connectivity index (χ3v) is 12.4. The van der Waals surface area contributed by atoms with Crippen molar-refractivity contribution in [1.29, 1.82) is 0 Å². The van der Waals surface area contributed by atoms with Crippen molar-refractivity contribution in [2.45, 2.75) is 19.3 Å². The molecule has 0 atom stereocenters. The van der Waals surface area contributed by atoms with Gasteiger partial charge in [-0.3, -0.25) is 0 Å². The van der Waals surface area contributed by atoms with Crippen LogP contribution >= 0.6 is 22.7 Å². The highest BCUT2D eigenvalue weighted by Gasteiger charge is 2.35. The molecule has 1 aliphatic carbocycles. The largest absolute Gasteiger partial charge is 0.310 e. The average Bonchev–Trinajstić information content (AvgIpc) is 3.73. The fraction of sp³-hybridized carbons (Fsp3) is 0.0698. The summed E-state index contributed by atoms with van der Waals surface area (Å²) in [6.07, 6.45) is 0. The highest BCUT2D eigenvalue weighted by atomic mass is 32.1. The lowest BCUT2D eigenvalue weighted by atomic mass is 9.82. The molecule has 0 saturated heterocycles. The second kappa shape index (κ2) is 9.53. The van der Waals surface area contributed by atoms with Gasteiger partial charge in [0.15, 0.2) is 0 Å². The van der Waals surface area contributed by atoms with Crippen molar-refractivity contribution in [3.05, 3.63) is 151 Å². The summed E-state index contributed by atoms with van der Waals surface area (Å²) in [5.41, 5.74) is 8.94. The highest BCUT2D eigenvalue weighted by molar-refractivity contribution is 7.29. The molecular weight excluding hydrogens is 595 g/mol. The smallest absolute Gasteiger partial charge is 0.0468 e. The number of benzene rings is 7. The van der Waals surface area contributed by atoms with Crippen LogP contribution in [0.5, 0.6) is 0 Å². The Hall–Kier alpha value is -4.96. The number of nitrogens with zero attached hydrogens (tertiary/aromatic N) is 1. The predicted octanol–water partition coefficient (Wildman–Crippen LogP) is 13.4. The quantitative estimate of drug-likeness (QED) is 0.189. The van der Waals surface area contributed by atoms with Crippen molar-refractivity contribution >= 4 is 90.9 Å². The number of fused-ring (bicyclic) bond motifs is 12. The molecule has 0 saturated carbocycles. The molecule has 3 heteroatoms. The summed E-state index contributed by atoms with van der Waals surface area (Å²) in [6, 6.07) is 51.8. The molecule has 0 unspecified atom stereocenters. The maximum atomic E-state index is 2.43. The van der Waals surface area contributed by atoms with Crippen LogP contribution in [0, 0.1) is 0 Å². The van der Waals surface area contributed by atoms with Gasteiger partial charge in [0.2, 0.25) is 0 Å². The lowest BCUT2D eigenvalue weighted by molar-refractivity contribution is 0.660. The highest BCUT2D eigenvalue weighted by Crippen LogP contribution is 2.51. The van der Waals surface area contributed by atoms with Crippen LogP contribution in [0.15, 0.2) is 140 Å². The van der Waals surface area contributed by atoms with Crippen LogP contribution in [0.2, 0.25) is 0 Å². The van der Waals surface area contributed by atoms with Crippen LogP contribution in [0.25, 0.3) is 62.2 Å². The second-order valence-electron chi connectivity index (χ2n) is 12.9. The van der Waals surface area contributed by atoms with E-state index in [1.807, 2.05) is 22.7 Å². The van der Waals surface area contributed by atoms with Gasteiger partial charge in [0.1, 0.15) is 0 Å². The van der Waals surface area contributed by atoms with Gasteiger partial charge in [-0.25, -0.2) is 0 Å². The van der Waals surface area contributed by atoms with Gasteiger partial charge >= 0.3 is 0 Å². The summed E-state index contributed by atoms with van der Waals surface area (Å²) >= 11 is 3.83. The van der Waals surface area contributed by atoms with Crippen LogP contribution in [0.4, 0.5) is 17.1 Å². The molecule has 0 radical (unpaired) electrons. The van der Waals surface area contributed by atoms with E-state index in [1.54, 1.807) is 0 Å². The minimum Gasteiger partial charge on any atom is -0.310 e. The molecule has 0 fully saturated rings. The summed E-state index contributed by atoms with van der Waals surface area (Å²) in [6.45, 7) is 4.72. The Bertz CT molecular complexity index is 2670. The van der Waals surface area contributed by atoms with Crippen LogP contribution in [0.1, 0.15) is 25.0 Å². The summed E-state index contributed by atoms with van der Waals surface area (Å²) in [4.78, 5) is 2.43. The fourth-order valence-electron chi connectivity index (χ4n) is 7.85. The number of anilines is 3. The van der Waals surface area contributed by atoms with E-state index in [-0.39, 0.29) is 5.41 Å². The summed E-state index contributed by atoms with van der Waals surface area (Å²) < 4.78 is 5.41. The Morgan fingerprint density at radius 1 is 0.457 bits per heavy atom. The monoisotopic (exact) mass is 623 g/mol. The van der Waals surface area contributed by atoms with Gasteiger partial charge in [0.05, 0.1) is 0 Å². The van der Waals surface area contributed by atoms with Crippen LogP contribution in [0.3, 0.4) is 0 Å². The molecule has 0 aliphatic heterocycles. The van der Waals surface area contributed by atoms with Crippen LogP contribution in [-0.2, 0) is 5.41 Å². The molecule has 218 valence electrons. The lowest BCUT2D eigenvalue weighted by Gasteiger charge is -2.28. The van der Waals surface area contributed by atoms with Gasteiger partial charge in [-0.2, -0.15) is 0 Å². The molecule has 1 aliphatic rings. The predicted molar refractivity (Wildman–Crippen MR) is 202 cm³/mol. The lowest BCUT2D eigenvalue weighted by Crippen LogP contribution is -2.16. The average molecular weight is 624 g/mol. The van der Waals surface area contributed by atoms with E-state index in [9.17, 15) is 0 Å². The standard InChI is InChI=1S/C43H29NS2/c1-43(2)35-15-9-8-14-31(35)32-19-17-29(25-36(32)43)44(27-11-4-3-5-12-27)28-18-22-37-34(24-28)41-39(45-37)23-20-33-40-30-13-7-6-10-26(30)16-21-38(40)46-42(33)41/h3-25H,1-2H3. The van der Waals surface area contributed by atoms with E-state index in [2.05, 4.69) is 158 Å². The zero-order valence-corrected chi connectivity index (χ0v) is 27.2. The molecule has 9 aromatic rings. The van der Waals surface area contributed by atoms with Gasteiger partial charge in [0.25, 0.3) is 0 Å². The molecule has 7 aromatic carbocycles. The van der Waals surface area contributed by atoms with E-state index < -0.39 is 0 Å². The zero-order valence-electron chi connectivity index (χ0n) is 25.5. The van der Waals surface area contributed by atoms with Crippen LogP contribution < -0.4 is 4.90 Å². The number of para-hydroxylation sites is 1. The maximum absolute atomic E-state index is 2.43. The van der Waals surface area contributed by atoms with Gasteiger partial charge < -0.3 is 4.90 Å². The maximum Gasteiger partial charge on any atom is 0.0468 e. The Morgan fingerprint density at radius 2 is 1.15 bits per heavy atom. The first-order valence-corrected chi connectivity index (χ1v) is 17.5. The minimum absolute atomic E-state index is 0.0607. The van der Waals surface area contributed by atoms with Crippen molar-refractivity contribution in [2.75, 3.05) is 4.90 Å². The van der Waals surface area contributed by atoms with Crippen molar-refractivity contribution < 1.29 is 0 Å². The topological polar surface area (TPSA) is 3.24 Å². The normalized spacial score (nSPS) is 13.6. The van der Waals surface area contributed by atoms with E-state index in [0.29, 0.717) is 0 Å². The van der Waals surface area contributed by atoms with Crippen LogP contribution in [-0.4, -0.2) is 0 Å². The molecular formula is C43H29NS2. The molecule has 2 heterocycles. The molecule has 46 heavy (non-hydrogen) atoms. The molecule has 0 spiro atoms. The number of thiophene rings is 2. The Balaban J connectivity index is 1.21. The Kier molecular flexibility index (Phi) is 5.44. The number of hydrogen-bond acceptors (Lipinski definition) is 3. The van der Waals surface area contributed by atoms with Gasteiger partial charge in [-0.05, 0) is 87.6 Å². The Labute approximate surface area is 275 Å². The molecule has 0 amide bonds. The van der Waals surface area contributed by atoms with Crippen molar-refractivity contribution in [1.82, 2.24) is 0 Å². The van der Waals surface area contributed by atoms with Crippen molar-refractivity contribution in [3.8, 4) is 11.1 Å². The second-order valence-corrected chi connectivity index (χ2v) is 15.1. The van der Waals surface area contributed by atoms with Gasteiger partial charge in [0, 0.05) is 62.8 Å². The molecule has 1 nitrogen and oxygen atoms in total. The van der Waals surface area contributed by atoms with E-state index in [4.69, 9.17) is 0 Å². The fourth-order valence-corrected chi connectivity index (χ4v) is 10.3. The first-order chi connectivity index (χ1) is 22.6. The third kappa shape index (κ3) is 3.61. The van der Waals surface area contributed by atoms with Gasteiger partial charge in [-0.15, -0.1) is 22.7 Å². The third-order valence-electron chi connectivity index (χ3n) is 10.0. The molecule has 0 bridgehead atoms. The molecule has 0 N–H and O–H groups in total. The SMILES string of the molecule is CC1(C)c2ccccc2-c2ccc(N(c3ccccc3)c3ccc4sc5ccc6c(sc7ccc8ccccc8c76)c5c4c3)cc21. The van der Waals surface area contributed by atoms with Gasteiger partial charge in [-0.1, -0.05) is 98.8 Å². The number of hydrogen-bond donors (Lipinski definition) is 0. The molecule has 2 aromatic heterocycles. The first-order valence-electron chi connectivity index (χ1n) is 15.9. The minimum atomic E-state index is -0.0607. The zero-order chi connectivity index (χ0) is 30.6. The molecule has 10 rings (SSSR count). The summed E-state index contributed by atoms with van der Waals surface area (Å²) in [5, 5.41) is 8.07. The number of rotatable bonds is 3. The van der Waals surface area contributed by atoms with Crippen molar-refractivity contribution in [3.63, 3.8) is 0 Å². The van der Waals surface area contributed by atoms with E-state index in [0.717, 1.165) is 5.69 Å². The van der Waals surface area contributed by atoms with E-state index >= 15 is 0 Å². The Morgan fingerprint density at radius 3 is 2.07 bits per heavy atom. The van der Waals surface area contributed by atoms with E-state index in [1.165, 1.54) is 84.7 Å².